The molecule has 0 spiro atoms. The number of halogens is 1. The number of aryl methyl sites for hydroxylation is 1. The highest BCUT2D eigenvalue weighted by Crippen LogP contribution is 2.35. The van der Waals surface area contributed by atoms with Crippen LogP contribution in [0.25, 0.3) is 0 Å². The van der Waals surface area contributed by atoms with E-state index in [1.807, 2.05) is 51.1 Å². The topological polar surface area (TPSA) is 96.0 Å². The van der Waals surface area contributed by atoms with Gasteiger partial charge in [0.25, 0.3) is 10.0 Å². The van der Waals surface area contributed by atoms with Crippen molar-refractivity contribution in [2.75, 3.05) is 31.0 Å². The number of anilines is 1. The summed E-state index contributed by atoms with van der Waals surface area (Å²) >= 11 is 6.28. The summed E-state index contributed by atoms with van der Waals surface area (Å²) in [5.74, 6) is -0.388. The van der Waals surface area contributed by atoms with E-state index < -0.39 is 28.5 Å². The third kappa shape index (κ3) is 8.47. The Kier molecular flexibility index (Phi) is 11.2. The average Bonchev–Trinajstić information content (AvgIpc) is 2.95. The van der Waals surface area contributed by atoms with E-state index in [-0.39, 0.29) is 39.7 Å². The van der Waals surface area contributed by atoms with Gasteiger partial charge in [0.2, 0.25) is 11.8 Å². The van der Waals surface area contributed by atoms with Crippen molar-refractivity contribution >= 4 is 39.1 Å². The lowest BCUT2D eigenvalue weighted by molar-refractivity contribution is -0.138. The zero-order valence-corrected chi connectivity index (χ0v) is 25.7. The van der Waals surface area contributed by atoms with Crippen LogP contribution in [0.2, 0.25) is 5.02 Å². The highest BCUT2D eigenvalue weighted by Gasteiger charge is 2.33. The highest BCUT2D eigenvalue weighted by molar-refractivity contribution is 7.92. The second kappa shape index (κ2) is 14.4. The molecule has 10 heteroatoms. The summed E-state index contributed by atoms with van der Waals surface area (Å²) in [6, 6.07) is 19.7. The van der Waals surface area contributed by atoms with Gasteiger partial charge >= 0.3 is 0 Å². The molecule has 0 aliphatic heterocycles. The molecule has 41 heavy (non-hydrogen) atoms. The van der Waals surface area contributed by atoms with Gasteiger partial charge in [0.1, 0.15) is 18.3 Å². The molecule has 1 N–H and O–H groups in total. The molecular weight excluding hydrogens is 562 g/mol. The lowest BCUT2D eigenvalue weighted by Gasteiger charge is -2.32. The Morgan fingerprint density at radius 3 is 2.24 bits per heavy atom. The van der Waals surface area contributed by atoms with Gasteiger partial charge in [-0.25, -0.2) is 8.42 Å². The minimum Gasteiger partial charge on any atom is -0.495 e. The molecule has 0 aliphatic rings. The fourth-order valence-corrected chi connectivity index (χ4v) is 5.81. The number of sulfonamides is 1. The lowest BCUT2D eigenvalue weighted by Crippen LogP contribution is -2.52. The van der Waals surface area contributed by atoms with Gasteiger partial charge in [-0.1, -0.05) is 73.5 Å². The Bertz CT molecular complexity index is 1430. The third-order valence-electron chi connectivity index (χ3n) is 6.63. The minimum atomic E-state index is -4.24. The quantitative estimate of drug-likeness (QED) is 0.295. The maximum atomic E-state index is 14.0. The molecule has 0 saturated heterocycles. The van der Waals surface area contributed by atoms with Crippen molar-refractivity contribution in [3.63, 3.8) is 0 Å². The molecule has 3 aromatic rings. The molecule has 8 nitrogen and oxygen atoms in total. The molecule has 0 fully saturated rings. The number of amides is 2. The van der Waals surface area contributed by atoms with Crippen molar-refractivity contribution < 1.29 is 22.7 Å². The van der Waals surface area contributed by atoms with Gasteiger partial charge < -0.3 is 15.0 Å². The van der Waals surface area contributed by atoms with Crippen molar-refractivity contribution in [2.45, 2.75) is 45.1 Å². The smallest absolute Gasteiger partial charge is 0.264 e. The van der Waals surface area contributed by atoms with Gasteiger partial charge in [-0.3, -0.25) is 13.9 Å². The molecule has 0 bridgehead atoms. The monoisotopic (exact) mass is 599 g/mol. The van der Waals surface area contributed by atoms with Crippen LogP contribution in [0.1, 0.15) is 31.9 Å². The van der Waals surface area contributed by atoms with Gasteiger partial charge in [0.05, 0.1) is 17.7 Å². The van der Waals surface area contributed by atoms with E-state index in [2.05, 4.69) is 5.32 Å². The minimum absolute atomic E-state index is 0.0106. The zero-order chi connectivity index (χ0) is 30.2. The number of nitrogens with zero attached hydrogens (tertiary/aromatic N) is 2. The van der Waals surface area contributed by atoms with Crippen LogP contribution in [-0.4, -0.2) is 57.9 Å². The normalized spacial score (nSPS) is 12.1. The summed E-state index contributed by atoms with van der Waals surface area (Å²) < 4.78 is 34.5. The molecule has 220 valence electrons. The van der Waals surface area contributed by atoms with Crippen LogP contribution in [0, 0.1) is 12.8 Å². The molecule has 0 radical (unpaired) electrons. The summed E-state index contributed by atoms with van der Waals surface area (Å²) in [5, 5.41) is 3.16. The van der Waals surface area contributed by atoms with Crippen LogP contribution in [0.3, 0.4) is 0 Å². The molecular formula is C31H38ClN3O5S. The second-order valence-corrected chi connectivity index (χ2v) is 12.6. The van der Waals surface area contributed by atoms with E-state index in [1.165, 1.54) is 30.2 Å². The molecule has 2 amide bonds. The molecule has 3 aromatic carbocycles. The highest BCUT2D eigenvalue weighted by atomic mass is 35.5. The standard InChI is InChI=1S/C31H38ClN3O5S/c1-22(2)20-33-31(37)24(4)34(18-17-25-9-7-6-8-10-25)30(36)21-35(28-19-26(32)13-16-29(28)40-5)41(38,39)27-14-11-23(3)12-15-27/h6-16,19,22,24H,17-18,20-21H2,1-5H3,(H,33,37). The largest absolute Gasteiger partial charge is 0.495 e. The zero-order valence-electron chi connectivity index (χ0n) is 24.1. The van der Waals surface area contributed by atoms with Crippen LogP contribution < -0.4 is 14.4 Å². The third-order valence-corrected chi connectivity index (χ3v) is 8.64. The van der Waals surface area contributed by atoms with Crippen molar-refractivity contribution in [2.24, 2.45) is 5.92 Å². The first-order valence-corrected chi connectivity index (χ1v) is 15.3. The van der Waals surface area contributed by atoms with Crippen LogP contribution >= 0.6 is 11.6 Å². The number of hydrogen-bond acceptors (Lipinski definition) is 5. The predicted octanol–water partition coefficient (Wildman–Crippen LogP) is 5.08. The summed E-state index contributed by atoms with van der Waals surface area (Å²) in [6.07, 6.45) is 0.486. The van der Waals surface area contributed by atoms with Gasteiger partial charge in [-0.2, -0.15) is 0 Å². The fraction of sp³-hybridized carbons (Fsp3) is 0.355. The predicted molar refractivity (Wildman–Crippen MR) is 163 cm³/mol. The van der Waals surface area contributed by atoms with E-state index >= 15 is 0 Å². The summed E-state index contributed by atoms with van der Waals surface area (Å²) in [7, 11) is -2.82. The molecule has 3 rings (SSSR count). The first-order chi connectivity index (χ1) is 19.4. The van der Waals surface area contributed by atoms with Gasteiger partial charge in [0, 0.05) is 18.1 Å². The molecule has 0 aromatic heterocycles. The Labute approximate surface area is 248 Å². The molecule has 1 atom stereocenters. The lowest BCUT2D eigenvalue weighted by atomic mass is 10.1. The number of methoxy groups -OCH3 is 1. The van der Waals surface area contributed by atoms with Crippen LogP contribution in [0.5, 0.6) is 5.75 Å². The maximum absolute atomic E-state index is 14.0. The van der Waals surface area contributed by atoms with E-state index in [0.29, 0.717) is 13.0 Å². The van der Waals surface area contributed by atoms with E-state index in [9.17, 15) is 18.0 Å². The summed E-state index contributed by atoms with van der Waals surface area (Å²) in [6.45, 7) is 7.57. The number of ether oxygens (including phenoxy) is 1. The van der Waals surface area contributed by atoms with E-state index in [4.69, 9.17) is 16.3 Å². The number of rotatable bonds is 13. The summed E-state index contributed by atoms with van der Waals surface area (Å²) in [4.78, 5) is 28.5. The average molecular weight is 600 g/mol. The summed E-state index contributed by atoms with van der Waals surface area (Å²) in [5.41, 5.74) is 2.00. The number of hydrogen-bond donors (Lipinski definition) is 1. The molecule has 1 unspecified atom stereocenters. The Hall–Kier alpha value is -3.56. The second-order valence-electron chi connectivity index (χ2n) is 10.3. The van der Waals surface area contributed by atoms with Crippen molar-refractivity contribution in [1.29, 1.82) is 0 Å². The van der Waals surface area contributed by atoms with Crippen LogP contribution in [-0.2, 0) is 26.0 Å². The maximum Gasteiger partial charge on any atom is 0.264 e. The fourth-order valence-electron chi connectivity index (χ4n) is 4.23. The number of carbonyl (C=O) groups excluding carboxylic acids is 2. The Morgan fingerprint density at radius 1 is 0.976 bits per heavy atom. The first kappa shape index (κ1) is 32.0. The van der Waals surface area contributed by atoms with Gasteiger partial charge in [-0.05, 0) is 62.1 Å². The SMILES string of the molecule is COc1ccc(Cl)cc1N(CC(=O)N(CCc1ccccc1)C(C)C(=O)NCC(C)C)S(=O)(=O)c1ccc(C)cc1. The van der Waals surface area contributed by atoms with E-state index in [0.717, 1.165) is 15.4 Å². The Balaban J connectivity index is 2.03. The van der Waals surface area contributed by atoms with Gasteiger partial charge in [0.15, 0.2) is 0 Å². The van der Waals surface area contributed by atoms with Gasteiger partial charge in [-0.15, -0.1) is 0 Å². The van der Waals surface area contributed by atoms with Crippen LogP contribution in [0.15, 0.2) is 77.7 Å². The number of benzene rings is 3. The van der Waals surface area contributed by atoms with Crippen molar-refractivity contribution in [3.8, 4) is 5.75 Å². The van der Waals surface area contributed by atoms with Crippen molar-refractivity contribution in [1.82, 2.24) is 10.2 Å². The molecule has 0 saturated carbocycles. The Morgan fingerprint density at radius 2 is 1.63 bits per heavy atom. The molecule has 0 heterocycles. The number of carbonyl (C=O) groups is 2. The first-order valence-electron chi connectivity index (χ1n) is 13.5. The number of nitrogens with one attached hydrogen (secondary N) is 1. The van der Waals surface area contributed by atoms with E-state index in [1.54, 1.807) is 31.2 Å². The van der Waals surface area contributed by atoms with Crippen molar-refractivity contribution in [3.05, 3.63) is 88.9 Å². The van der Waals surface area contributed by atoms with Crippen LogP contribution in [0.4, 0.5) is 5.69 Å². The molecule has 0 aliphatic carbocycles.